The third-order valence-corrected chi connectivity index (χ3v) is 3.73. The van der Waals surface area contributed by atoms with Gasteiger partial charge in [0.2, 0.25) is 0 Å². The van der Waals surface area contributed by atoms with Crippen molar-refractivity contribution in [3.63, 3.8) is 0 Å². The van der Waals surface area contributed by atoms with Crippen molar-refractivity contribution in [1.82, 2.24) is 15.1 Å². The smallest absolute Gasteiger partial charge is 0.118 e. The first kappa shape index (κ1) is 17.2. The molecular weight excluding hydrogens is 290 g/mol. The van der Waals surface area contributed by atoms with E-state index in [1.165, 1.54) is 5.57 Å². The van der Waals surface area contributed by atoms with Crippen molar-refractivity contribution in [3.8, 4) is 5.75 Å². The molecule has 5 nitrogen and oxygen atoms in total. The Labute approximate surface area is 137 Å². The molecule has 0 bridgehead atoms. The van der Waals surface area contributed by atoms with E-state index in [4.69, 9.17) is 4.74 Å². The van der Waals surface area contributed by atoms with Gasteiger partial charge < -0.3 is 15.2 Å². The summed E-state index contributed by atoms with van der Waals surface area (Å²) in [6.45, 7) is 5.03. The first-order chi connectivity index (χ1) is 10.9. The molecule has 1 heterocycles. The van der Waals surface area contributed by atoms with Crippen LogP contribution in [0.1, 0.15) is 25.0 Å². The summed E-state index contributed by atoms with van der Waals surface area (Å²) in [6.07, 6.45) is 5.65. The molecular formula is C18H25N3O2. The molecule has 0 saturated carbocycles. The normalized spacial score (nSPS) is 14.6. The van der Waals surface area contributed by atoms with Gasteiger partial charge in [0.15, 0.2) is 0 Å². The fraction of sp³-hybridized carbons (Fsp3) is 0.389. The zero-order valence-electron chi connectivity index (χ0n) is 14.2. The van der Waals surface area contributed by atoms with Crippen molar-refractivity contribution in [2.24, 2.45) is 7.05 Å². The van der Waals surface area contributed by atoms with Crippen LogP contribution < -0.4 is 10.1 Å². The van der Waals surface area contributed by atoms with Crippen LogP contribution in [0.15, 0.2) is 42.2 Å². The average Bonchev–Trinajstić information content (AvgIpc) is 2.95. The highest BCUT2D eigenvalue weighted by Gasteiger charge is 2.23. The second kappa shape index (κ2) is 7.44. The molecule has 2 N–H and O–H groups in total. The molecule has 0 aliphatic carbocycles. The Morgan fingerprint density at radius 1 is 1.39 bits per heavy atom. The van der Waals surface area contributed by atoms with Gasteiger partial charge in [0, 0.05) is 31.9 Å². The largest absolute Gasteiger partial charge is 0.497 e. The zero-order valence-corrected chi connectivity index (χ0v) is 14.2. The molecule has 1 aromatic carbocycles. The number of methoxy groups -OCH3 is 1. The Morgan fingerprint density at radius 2 is 2.09 bits per heavy atom. The van der Waals surface area contributed by atoms with Gasteiger partial charge in [-0.1, -0.05) is 23.8 Å². The molecule has 2 aromatic rings. The lowest BCUT2D eigenvalue weighted by Crippen LogP contribution is -2.35. The molecule has 23 heavy (non-hydrogen) atoms. The Balaban J connectivity index is 1.88. The fourth-order valence-electron chi connectivity index (χ4n) is 2.34. The Kier molecular flexibility index (Phi) is 5.58. The minimum Gasteiger partial charge on any atom is -0.497 e. The number of aryl methyl sites for hydroxylation is 1. The predicted octanol–water partition coefficient (Wildman–Crippen LogP) is 2.33. The maximum atomic E-state index is 10.5. The van der Waals surface area contributed by atoms with Gasteiger partial charge in [0.25, 0.3) is 0 Å². The summed E-state index contributed by atoms with van der Waals surface area (Å²) in [6, 6.07) is 7.93. The number of aliphatic hydroxyl groups is 1. The van der Waals surface area contributed by atoms with E-state index in [2.05, 4.69) is 23.4 Å². The molecule has 1 aromatic heterocycles. The van der Waals surface area contributed by atoms with Crippen molar-refractivity contribution in [3.05, 3.63) is 53.4 Å². The maximum absolute atomic E-state index is 10.5. The van der Waals surface area contributed by atoms with Crippen molar-refractivity contribution in [2.75, 3.05) is 20.2 Å². The monoisotopic (exact) mass is 315 g/mol. The molecule has 0 aliphatic rings. The number of benzene rings is 1. The predicted molar refractivity (Wildman–Crippen MR) is 92.3 cm³/mol. The van der Waals surface area contributed by atoms with Gasteiger partial charge in [-0.2, -0.15) is 5.10 Å². The molecule has 0 saturated heterocycles. The lowest BCUT2D eigenvalue weighted by Gasteiger charge is -2.22. The molecule has 1 unspecified atom stereocenters. The van der Waals surface area contributed by atoms with Crippen LogP contribution in [0.4, 0.5) is 0 Å². The molecule has 2 rings (SSSR count). The topological polar surface area (TPSA) is 59.3 Å². The summed E-state index contributed by atoms with van der Waals surface area (Å²) in [5.41, 5.74) is 2.19. The minimum atomic E-state index is -0.936. The molecule has 5 heteroatoms. The highest BCUT2D eigenvalue weighted by Crippen LogP contribution is 2.18. The minimum absolute atomic E-state index is 0.465. The van der Waals surface area contributed by atoms with E-state index in [9.17, 15) is 5.11 Å². The third kappa shape index (κ3) is 4.94. The van der Waals surface area contributed by atoms with Gasteiger partial charge in [-0.15, -0.1) is 0 Å². The SMILES string of the molecule is COc1ccc(/C=C(/C)CNCC(C)(O)c2cnn(C)c2)cc1. The van der Waals surface area contributed by atoms with E-state index in [0.29, 0.717) is 13.1 Å². The zero-order chi connectivity index (χ0) is 16.9. The van der Waals surface area contributed by atoms with Crippen LogP contribution in [0.5, 0.6) is 5.75 Å². The molecule has 0 amide bonds. The van der Waals surface area contributed by atoms with Crippen molar-refractivity contribution < 1.29 is 9.84 Å². The van der Waals surface area contributed by atoms with Gasteiger partial charge in [0.05, 0.1) is 13.3 Å². The van der Waals surface area contributed by atoms with Crippen LogP contribution in [0.2, 0.25) is 0 Å². The van der Waals surface area contributed by atoms with Crippen molar-refractivity contribution in [1.29, 1.82) is 0 Å². The molecule has 1 atom stereocenters. The second-order valence-corrected chi connectivity index (χ2v) is 6.04. The molecule has 124 valence electrons. The van der Waals surface area contributed by atoms with Crippen LogP contribution >= 0.6 is 0 Å². The van der Waals surface area contributed by atoms with Gasteiger partial charge in [-0.25, -0.2) is 0 Å². The first-order valence-electron chi connectivity index (χ1n) is 7.64. The van der Waals surface area contributed by atoms with E-state index in [0.717, 1.165) is 16.9 Å². The van der Waals surface area contributed by atoms with Gasteiger partial charge in [-0.05, 0) is 31.5 Å². The molecule has 0 aliphatic heterocycles. The van der Waals surface area contributed by atoms with Crippen LogP contribution in [-0.2, 0) is 12.6 Å². The summed E-state index contributed by atoms with van der Waals surface area (Å²) >= 11 is 0. The van der Waals surface area contributed by atoms with E-state index in [-0.39, 0.29) is 0 Å². The van der Waals surface area contributed by atoms with Crippen LogP contribution in [0.25, 0.3) is 6.08 Å². The Morgan fingerprint density at radius 3 is 2.65 bits per heavy atom. The number of nitrogens with zero attached hydrogens (tertiary/aromatic N) is 2. The third-order valence-electron chi connectivity index (χ3n) is 3.73. The van der Waals surface area contributed by atoms with E-state index < -0.39 is 5.60 Å². The lowest BCUT2D eigenvalue weighted by molar-refractivity contribution is 0.0578. The summed E-state index contributed by atoms with van der Waals surface area (Å²) in [4.78, 5) is 0. The molecule has 0 radical (unpaired) electrons. The summed E-state index contributed by atoms with van der Waals surface area (Å²) in [7, 11) is 3.50. The number of hydrogen-bond acceptors (Lipinski definition) is 4. The maximum Gasteiger partial charge on any atom is 0.118 e. The van der Waals surface area contributed by atoms with E-state index in [1.54, 1.807) is 24.9 Å². The average molecular weight is 315 g/mol. The summed E-state index contributed by atoms with van der Waals surface area (Å²) in [5, 5.41) is 17.9. The molecule has 0 spiro atoms. The number of hydrogen-bond donors (Lipinski definition) is 2. The van der Waals surface area contributed by atoms with Crippen LogP contribution in [-0.4, -0.2) is 35.1 Å². The van der Waals surface area contributed by atoms with E-state index >= 15 is 0 Å². The quantitative estimate of drug-likeness (QED) is 0.823. The number of rotatable bonds is 7. The van der Waals surface area contributed by atoms with Gasteiger partial charge in [0.1, 0.15) is 11.4 Å². The first-order valence-corrected chi connectivity index (χ1v) is 7.64. The van der Waals surface area contributed by atoms with Gasteiger partial charge >= 0.3 is 0 Å². The van der Waals surface area contributed by atoms with Gasteiger partial charge in [-0.3, -0.25) is 4.68 Å². The number of aromatic nitrogens is 2. The van der Waals surface area contributed by atoms with Crippen LogP contribution in [0, 0.1) is 0 Å². The summed E-state index contributed by atoms with van der Waals surface area (Å²) < 4.78 is 6.85. The number of ether oxygens (including phenoxy) is 1. The molecule has 0 fully saturated rings. The lowest BCUT2D eigenvalue weighted by atomic mass is 9.99. The number of nitrogens with one attached hydrogen (secondary N) is 1. The Bertz CT molecular complexity index is 657. The highest BCUT2D eigenvalue weighted by molar-refractivity contribution is 5.53. The fourth-order valence-corrected chi connectivity index (χ4v) is 2.34. The standard InChI is InChI=1S/C18H25N3O2/c1-14(9-15-5-7-17(23-4)8-6-15)10-19-13-18(2,22)16-11-20-21(3)12-16/h5-9,11-12,19,22H,10,13H2,1-4H3/b14-9-. The Hall–Kier alpha value is -2.11. The summed E-state index contributed by atoms with van der Waals surface area (Å²) in [5.74, 6) is 0.852. The van der Waals surface area contributed by atoms with Crippen molar-refractivity contribution in [2.45, 2.75) is 19.4 Å². The highest BCUT2D eigenvalue weighted by atomic mass is 16.5. The van der Waals surface area contributed by atoms with Crippen LogP contribution in [0.3, 0.4) is 0 Å². The van der Waals surface area contributed by atoms with Crippen molar-refractivity contribution >= 4 is 6.08 Å². The second-order valence-electron chi connectivity index (χ2n) is 6.04. The van der Waals surface area contributed by atoms with E-state index in [1.807, 2.05) is 37.5 Å².